The second-order valence-corrected chi connectivity index (χ2v) is 5.31. The summed E-state index contributed by atoms with van der Waals surface area (Å²) in [5.41, 5.74) is 0. The Morgan fingerprint density at radius 1 is 0.625 bits per heavy atom. The van der Waals surface area contributed by atoms with Gasteiger partial charge in [0.25, 0.3) is 0 Å². The van der Waals surface area contributed by atoms with E-state index in [1.54, 1.807) is 0 Å². The molecule has 0 aromatic heterocycles. The standard InChI is InChI=1S/C5H8O2.2C4H6O3.C2H5.Al/c1-4(6)3-5(2)7;2*1-3(5)2-4(6)7;1-2;/h3H2,1-2H3;2*2H2,1H3,(H,6,7);1H2,2H3;/q;;;;+2/p-2. The van der Waals surface area contributed by atoms with Crippen molar-refractivity contribution in [2.45, 2.75) is 59.2 Å². The molecule has 8 nitrogen and oxygen atoms in total. The number of Topliss-reactive ketones (excluding diaryl/α,β-unsaturated/α-hetero) is 4. The number of carboxylic acids is 2. The van der Waals surface area contributed by atoms with Gasteiger partial charge in [-0.3, -0.25) is 19.2 Å². The van der Waals surface area contributed by atoms with Gasteiger partial charge < -0.3 is 19.8 Å². The van der Waals surface area contributed by atoms with E-state index in [-0.39, 0.29) is 29.6 Å². The summed E-state index contributed by atoms with van der Waals surface area (Å²) in [4.78, 5) is 58.7. The number of carbonyl (C=O) groups excluding carboxylic acids is 6. The van der Waals surface area contributed by atoms with E-state index < -0.39 is 24.8 Å². The minimum absolute atomic E-state index is 0.0625. The number of carbonyl (C=O) groups is 6. The number of carboxylic acid groups (broad SMARTS) is 2. The Morgan fingerprint density at radius 3 is 0.792 bits per heavy atom. The molecule has 0 aliphatic heterocycles. The topological polar surface area (TPSA) is 149 Å². The molecular weight excluding hydrogens is 335 g/mol. The van der Waals surface area contributed by atoms with Gasteiger partial charge in [0.15, 0.2) is 0 Å². The summed E-state index contributed by atoms with van der Waals surface area (Å²) >= 11 is 2.58. The molecule has 0 aromatic rings. The van der Waals surface area contributed by atoms with Crippen LogP contribution in [-0.2, 0) is 28.8 Å². The number of rotatable bonds is 6. The van der Waals surface area contributed by atoms with Gasteiger partial charge >= 0.3 is 28.5 Å². The molecule has 0 aromatic carbocycles. The first-order chi connectivity index (χ1) is 10.8. The number of ketones is 4. The van der Waals surface area contributed by atoms with Gasteiger partial charge in [0.1, 0.15) is 23.1 Å². The van der Waals surface area contributed by atoms with E-state index in [1.807, 2.05) is 0 Å². The molecule has 0 heterocycles. The van der Waals surface area contributed by atoms with Crippen LogP contribution in [0.1, 0.15) is 53.9 Å². The van der Waals surface area contributed by atoms with E-state index in [9.17, 15) is 39.0 Å². The van der Waals surface area contributed by atoms with Crippen LogP contribution in [0.25, 0.3) is 0 Å². The van der Waals surface area contributed by atoms with Crippen LogP contribution in [0.4, 0.5) is 0 Å². The molecule has 0 atom stereocenters. The van der Waals surface area contributed by atoms with E-state index in [0.29, 0.717) is 0 Å². The third-order valence-electron chi connectivity index (χ3n) is 1.28. The zero-order chi connectivity index (χ0) is 20.3. The van der Waals surface area contributed by atoms with Gasteiger partial charge in [-0.1, -0.05) is 0 Å². The molecule has 0 rings (SSSR count). The van der Waals surface area contributed by atoms with E-state index in [4.69, 9.17) is 0 Å². The Bertz CT molecular complexity index is 331. The summed E-state index contributed by atoms with van der Waals surface area (Å²) in [6.45, 7) is 7.30. The zero-order valence-corrected chi connectivity index (χ0v) is 15.8. The summed E-state index contributed by atoms with van der Waals surface area (Å²) in [5.74, 6) is -3.50. The van der Waals surface area contributed by atoms with Crippen molar-refractivity contribution in [2.24, 2.45) is 0 Å². The molecule has 0 bridgehead atoms. The third-order valence-corrected chi connectivity index (χ3v) is 1.28. The summed E-state index contributed by atoms with van der Waals surface area (Å²) in [7, 11) is 0. The molecule has 0 fully saturated rings. The van der Waals surface area contributed by atoms with Crippen molar-refractivity contribution >= 4 is 51.4 Å². The Balaban J connectivity index is -0.000000115. The van der Waals surface area contributed by atoms with Gasteiger partial charge in [-0.15, -0.1) is 0 Å². The Morgan fingerprint density at radius 2 is 0.792 bits per heavy atom. The fraction of sp³-hybridized carbons (Fsp3) is 0.600. The van der Waals surface area contributed by atoms with Crippen molar-refractivity contribution in [3.05, 3.63) is 0 Å². The van der Waals surface area contributed by atoms with Crippen LogP contribution in [0, 0.1) is 0 Å². The van der Waals surface area contributed by atoms with Crippen molar-refractivity contribution in [2.75, 3.05) is 0 Å². The van der Waals surface area contributed by atoms with E-state index >= 15 is 0 Å². The van der Waals surface area contributed by atoms with E-state index in [1.165, 1.54) is 33.0 Å². The average molecular weight is 358 g/mol. The molecule has 0 N–H and O–H groups in total. The van der Waals surface area contributed by atoms with E-state index in [0.717, 1.165) is 0 Å². The molecule has 0 spiro atoms. The molecule has 0 aliphatic carbocycles. The SMILES string of the molecule is CC(=O)CC(=O)[O-].CC(=O)CC(=O)[O-].CC(=O)CC(C)=O.C[CH2][Al+2]. The Labute approximate surface area is 150 Å². The van der Waals surface area contributed by atoms with Gasteiger partial charge in [-0.25, -0.2) is 0 Å². The van der Waals surface area contributed by atoms with Gasteiger partial charge in [0.05, 0.1) is 6.42 Å². The van der Waals surface area contributed by atoms with Crippen LogP contribution in [0.5, 0.6) is 0 Å². The predicted molar refractivity (Wildman–Crippen MR) is 82.8 cm³/mol. The molecule has 0 aliphatic rings. The van der Waals surface area contributed by atoms with Crippen LogP contribution in [0.2, 0.25) is 5.28 Å². The molecule has 0 radical (unpaired) electrons. The predicted octanol–water partition coefficient (Wildman–Crippen LogP) is -1.42. The van der Waals surface area contributed by atoms with Gasteiger partial charge in [0.2, 0.25) is 0 Å². The van der Waals surface area contributed by atoms with Crippen LogP contribution in [0.15, 0.2) is 0 Å². The Hall–Kier alpha value is -1.85. The Kier molecular flexibility index (Phi) is 26.5. The number of hydrogen-bond donors (Lipinski definition) is 0. The molecular formula is C15H23AlO8. The van der Waals surface area contributed by atoms with Gasteiger partial charge in [0, 0.05) is 24.8 Å². The van der Waals surface area contributed by atoms with Crippen LogP contribution >= 0.6 is 0 Å². The molecule has 0 unspecified atom stereocenters. The van der Waals surface area contributed by atoms with Crippen molar-refractivity contribution in [1.82, 2.24) is 0 Å². The van der Waals surface area contributed by atoms with Crippen LogP contribution < -0.4 is 10.2 Å². The van der Waals surface area contributed by atoms with Crippen LogP contribution in [-0.4, -0.2) is 51.4 Å². The molecule has 24 heavy (non-hydrogen) atoms. The minimum atomic E-state index is -1.31. The summed E-state index contributed by atoms with van der Waals surface area (Å²) in [6.07, 6.45) is -0.861. The van der Waals surface area contributed by atoms with Crippen molar-refractivity contribution < 1.29 is 39.0 Å². The third kappa shape index (κ3) is 71.7. The first-order valence-electron chi connectivity index (χ1n) is 6.87. The fourth-order valence-corrected chi connectivity index (χ4v) is 0.757. The molecule has 134 valence electrons. The molecule has 0 amide bonds. The first-order valence-corrected chi connectivity index (χ1v) is 7.69. The van der Waals surface area contributed by atoms with Crippen molar-refractivity contribution in [3.8, 4) is 0 Å². The molecule has 0 saturated heterocycles. The maximum atomic E-state index is 10.0. The fourth-order valence-electron chi connectivity index (χ4n) is 0.757. The quantitative estimate of drug-likeness (QED) is 0.415. The molecule has 9 heteroatoms. The van der Waals surface area contributed by atoms with Crippen LogP contribution in [0.3, 0.4) is 0 Å². The van der Waals surface area contributed by atoms with Gasteiger partial charge in [-0.2, -0.15) is 0 Å². The van der Waals surface area contributed by atoms with E-state index in [2.05, 4.69) is 23.2 Å². The second kappa shape index (κ2) is 21.2. The van der Waals surface area contributed by atoms with Crippen molar-refractivity contribution in [3.63, 3.8) is 0 Å². The summed E-state index contributed by atoms with van der Waals surface area (Å²) in [5, 5.41) is 20.1. The summed E-state index contributed by atoms with van der Waals surface area (Å²) < 4.78 is 0. The monoisotopic (exact) mass is 358 g/mol. The normalized spacial score (nSPS) is 7.96. The van der Waals surface area contributed by atoms with Gasteiger partial charge in [-0.05, 0) is 27.7 Å². The molecule has 0 saturated carbocycles. The average Bonchev–Trinajstić information content (AvgIpc) is 2.24. The zero-order valence-electron chi connectivity index (χ0n) is 14.7. The first kappa shape index (κ1) is 30.1. The maximum absolute atomic E-state index is 10.0. The summed E-state index contributed by atoms with van der Waals surface area (Å²) in [6, 6.07) is 0. The number of aliphatic carboxylic acids is 2. The van der Waals surface area contributed by atoms with Crippen molar-refractivity contribution in [1.29, 1.82) is 0 Å². The number of hydrogen-bond acceptors (Lipinski definition) is 8. The second-order valence-electron chi connectivity index (χ2n) is 4.49.